The third-order valence-corrected chi connectivity index (χ3v) is 3.78. The molecule has 0 spiro atoms. The molecule has 0 aromatic carbocycles. The lowest BCUT2D eigenvalue weighted by Crippen LogP contribution is -2.33. The Kier molecular flexibility index (Phi) is 4.33. The molecule has 0 saturated carbocycles. The number of pyridine rings is 1. The maximum atomic E-state index is 5.47. The summed E-state index contributed by atoms with van der Waals surface area (Å²) in [5, 5.41) is 0. The molecule has 4 nitrogen and oxygen atoms in total. The molecular formula is C16H21N3O. The van der Waals surface area contributed by atoms with Crippen LogP contribution < -0.4 is 4.90 Å². The van der Waals surface area contributed by atoms with E-state index >= 15 is 0 Å². The Labute approximate surface area is 120 Å². The number of rotatable bonds is 6. The van der Waals surface area contributed by atoms with Crippen LogP contribution in [0.15, 0.2) is 47.2 Å². The smallest absolute Gasteiger partial charge is 0.128 e. The fourth-order valence-corrected chi connectivity index (χ4v) is 2.67. The Balaban J connectivity index is 1.66. The van der Waals surface area contributed by atoms with Crippen LogP contribution in [-0.4, -0.2) is 36.1 Å². The van der Waals surface area contributed by atoms with Crippen molar-refractivity contribution in [3.63, 3.8) is 0 Å². The van der Waals surface area contributed by atoms with Crippen molar-refractivity contribution in [2.45, 2.75) is 19.4 Å². The standard InChI is InChI=1S/C16H21N3O/c1-2-8-17-16(7-1)19(14-15-6-5-13-20-15)12-11-18-9-3-4-10-18/h1-2,5-8,13H,3-4,9-12,14H2. The molecule has 4 heteroatoms. The average Bonchev–Trinajstić information content (AvgIpc) is 3.18. The topological polar surface area (TPSA) is 32.5 Å². The van der Waals surface area contributed by atoms with Gasteiger partial charge in [-0.25, -0.2) is 4.98 Å². The van der Waals surface area contributed by atoms with Crippen LogP contribution in [0.2, 0.25) is 0 Å². The van der Waals surface area contributed by atoms with Crippen molar-refractivity contribution in [1.82, 2.24) is 9.88 Å². The van der Waals surface area contributed by atoms with Gasteiger partial charge in [-0.1, -0.05) is 6.07 Å². The quantitative estimate of drug-likeness (QED) is 0.808. The van der Waals surface area contributed by atoms with E-state index in [1.54, 1.807) is 6.26 Å². The third-order valence-electron chi connectivity index (χ3n) is 3.78. The van der Waals surface area contributed by atoms with Gasteiger partial charge in [-0.05, 0) is 50.2 Å². The summed E-state index contributed by atoms with van der Waals surface area (Å²) in [6.45, 7) is 5.32. The van der Waals surface area contributed by atoms with Crippen molar-refractivity contribution in [3.8, 4) is 0 Å². The van der Waals surface area contributed by atoms with Gasteiger partial charge in [-0.15, -0.1) is 0 Å². The maximum Gasteiger partial charge on any atom is 0.128 e. The van der Waals surface area contributed by atoms with Crippen molar-refractivity contribution in [3.05, 3.63) is 48.6 Å². The summed E-state index contributed by atoms with van der Waals surface area (Å²) in [6.07, 6.45) is 6.25. The zero-order valence-corrected chi connectivity index (χ0v) is 11.7. The molecule has 1 aliphatic rings. The molecule has 1 fully saturated rings. The van der Waals surface area contributed by atoms with Crippen molar-refractivity contribution in [1.29, 1.82) is 0 Å². The zero-order valence-electron chi connectivity index (χ0n) is 11.7. The first-order valence-electron chi connectivity index (χ1n) is 7.32. The molecule has 0 aliphatic carbocycles. The lowest BCUT2D eigenvalue weighted by Gasteiger charge is -2.25. The SMILES string of the molecule is c1ccc(N(CCN2CCCC2)Cc2ccco2)nc1. The molecule has 0 N–H and O–H groups in total. The number of aromatic nitrogens is 1. The van der Waals surface area contributed by atoms with Gasteiger partial charge < -0.3 is 14.2 Å². The first-order chi connectivity index (χ1) is 9.92. The minimum atomic E-state index is 0.776. The van der Waals surface area contributed by atoms with Gasteiger partial charge in [0.25, 0.3) is 0 Å². The summed E-state index contributed by atoms with van der Waals surface area (Å²) < 4.78 is 5.47. The number of likely N-dealkylation sites (tertiary alicyclic amines) is 1. The van der Waals surface area contributed by atoms with E-state index in [0.717, 1.165) is 31.2 Å². The number of nitrogens with zero attached hydrogens (tertiary/aromatic N) is 3. The molecule has 2 aromatic rings. The molecule has 20 heavy (non-hydrogen) atoms. The number of furan rings is 1. The fraction of sp³-hybridized carbons (Fsp3) is 0.438. The minimum absolute atomic E-state index is 0.776. The Hall–Kier alpha value is -1.81. The van der Waals surface area contributed by atoms with Crippen molar-refractivity contribution in [2.24, 2.45) is 0 Å². The van der Waals surface area contributed by atoms with Crippen LogP contribution >= 0.6 is 0 Å². The first-order valence-corrected chi connectivity index (χ1v) is 7.32. The molecule has 0 bridgehead atoms. The first kappa shape index (κ1) is 13.2. The van der Waals surface area contributed by atoms with Gasteiger partial charge in [-0.2, -0.15) is 0 Å². The molecule has 0 amide bonds. The largest absolute Gasteiger partial charge is 0.467 e. The lowest BCUT2D eigenvalue weighted by atomic mass is 10.3. The number of anilines is 1. The Morgan fingerprint density at radius 3 is 2.75 bits per heavy atom. The maximum absolute atomic E-state index is 5.47. The van der Waals surface area contributed by atoms with Crippen LogP contribution in [0.1, 0.15) is 18.6 Å². The van der Waals surface area contributed by atoms with Crippen LogP contribution in [0.3, 0.4) is 0 Å². The number of hydrogen-bond donors (Lipinski definition) is 0. The summed E-state index contributed by atoms with van der Waals surface area (Å²) in [7, 11) is 0. The molecule has 1 saturated heterocycles. The number of hydrogen-bond acceptors (Lipinski definition) is 4. The van der Waals surface area contributed by atoms with Gasteiger partial charge in [0.1, 0.15) is 11.6 Å². The molecule has 1 aliphatic heterocycles. The van der Waals surface area contributed by atoms with Crippen molar-refractivity contribution in [2.75, 3.05) is 31.1 Å². The summed E-state index contributed by atoms with van der Waals surface area (Å²) in [5.74, 6) is 2.00. The summed E-state index contributed by atoms with van der Waals surface area (Å²) in [5.41, 5.74) is 0. The molecule has 0 atom stereocenters. The predicted molar refractivity (Wildman–Crippen MR) is 79.7 cm³/mol. The normalized spacial score (nSPS) is 15.6. The van der Waals surface area contributed by atoms with Crippen LogP contribution in [0, 0.1) is 0 Å². The highest BCUT2D eigenvalue weighted by Crippen LogP contribution is 2.15. The van der Waals surface area contributed by atoms with Gasteiger partial charge in [0.15, 0.2) is 0 Å². The van der Waals surface area contributed by atoms with Gasteiger partial charge in [0, 0.05) is 19.3 Å². The van der Waals surface area contributed by atoms with E-state index in [1.165, 1.54) is 25.9 Å². The Morgan fingerprint density at radius 1 is 1.15 bits per heavy atom. The second-order valence-corrected chi connectivity index (χ2v) is 5.24. The summed E-state index contributed by atoms with van der Waals surface area (Å²) in [4.78, 5) is 9.29. The van der Waals surface area contributed by atoms with E-state index in [-0.39, 0.29) is 0 Å². The molecule has 0 radical (unpaired) electrons. The van der Waals surface area contributed by atoms with E-state index in [0.29, 0.717) is 0 Å². The van der Waals surface area contributed by atoms with Crippen LogP contribution in [0.25, 0.3) is 0 Å². The second kappa shape index (κ2) is 6.57. The molecular weight excluding hydrogens is 250 g/mol. The molecule has 0 unspecified atom stereocenters. The zero-order chi connectivity index (χ0) is 13.6. The molecule has 2 aromatic heterocycles. The lowest BCUT2D eigenvalue weighted by molar-refractivity contribution is 0.342. The van der Waals surface area contributed by atoms with Gasteiger partial charge >= 0.3 is 0 Å². The monoisotopic (exact) mass is 271 g/mol. The predicted octanol–water partition coefficient (Wildman–Crippen LogP) is 2.78. The van der Waals surface area contributed by atoms with E-state index in [9.17, 15) is 0 Å². The highest BCUT2D eigenvalue weighted by Gasteiger charge is 2.15. The molecule has 3 heterocycles. The summed E-state index contributed by atoms with van der Waals surface area (Å²) in [6, 6.07) is 10.0. The van der Waals surface area contributed by atoms with Gasteiger partial charge in [-0.3, -0.25) is 0 Å². The van der Waals surface area contributed by atoms with Gasteiger partial charge in [0.05, 0.1) is 12.8 Å². The van der Waals surface area contributed by atoms with Crippen LogP contribution in [0.4, 0.5) is 5.82 Å². The van der Waals surface area contributed by atoms with Crippen molar-refractivity contribution >= 4 is 5.82 Å². The third kappa shape index (κ3) is 3.39. The van der Waals surface area contributed by atoms with E-state index in [4.69, 9.17) is 4.42 Å². The second-order valence-electron chi connectivity index (χ2n) is 5.24. The highest BCUT2D eigenvalue weighted by atomic mass is 16.3. The highest BCUT2D eigenvalue weighted by molar-refractivity contribution is 5.38. The van der Waals surface area contributed by atoms with E-state index < -0.39 is 0 Å². The molecule has 106 valence electrons. The minimum Gasteiger partial charge on any atom is -0.467 e. The van der Waals surface area contributed by atoms with E-state index in [1.807, 2.05) is 30.5 Å². The Morgan fingerprint density at radius 2 is 2.05 bits per heavy atom. The Bertz CT molecular complexity index is 492. The van der Waals surface area contributed by atoms with E-state index in [2.05, 4.69) is 20.9 Å². The fourth-order valence-electron chi connectivity index (χ4n) is 2.67. The molecule has 3 rings (SSSR count). The van der Waals surface area contributed by atoms with Gasteiger partial charge in [0.2, 0.25) is 0 Å². The van der Waals surface area contributed by atoms with Crippen LogP contribution in [-0.2, 0) is 6.54 Å². The summed E-state index contributed by atoms with van der Waals surface area (Å²) >= 11 is 0. The van der Waals surface area contributed by atoms with Crippen molar-refractivity contribution < 1.29 is 4.42 Å². The average molecular weight is 271 g/mol. The van der Waals surface area contributed by atoms with Crippen LogP contribution in [0.5, 0.6) is 0 Å².